The normalized spacial score (nSPS) is 22.4. The first-order valence-corrected chi connectivity index (χ1v) is 7.76. The predicted octanol–water partition coefficient (Wildman–Crippen LogP) is -0.831. The fraction of sp³-hybridized carbons (Fsp3) is 0.579. The van der Waals surface area contributed by atoms with E-state index in [-0.39, 0.29) is 57.5 Å². The van der Waals surface area contributed by atoms with Crippen LogP contribution in [0.5, 0.6) is 0 Å². The van der Waals surface area contributed by atoms with E-state index in [9.17, 15) is 0 Å². The van der Waals surface area contributed by atoms with Crippen molar-refractivity contribution < 1.29 is 51.3 Å². The summed E-state index contributed by atoms with van der Waals surface area (Å²) < 4.78 is 6.41. The minimum atomic E-state index is -0.181. The van der Waals surface area contributed by atoms with Crippen molar-refractivity contribution in [3.05, 3.63) is 47.6 Å². The van der Waals surface area contributed by atoms with Gasteiger partial charge >= 0.3 is 21.7 Å². The number of hydrogen-bond donors (Lipinski definition) is 0. The fourth-order valence-electron chi connectivity index (χ4n) is 3.15. The Balaban J connectivity index is 0. The van der Waals surface area contributed by atoms with Gasteiger partial charge in [-0.3, -0.25) is 6.08 Å². The molecule has 127 valence electrons. The fourth-order valence-corrected chi connectivity index (χ4v) is 3.15. The Morgan fingerprint density at radius 3 is 2.43 bits per heavy atom. The van der Waals surface area contributed by atoms with Crippen LogP contribution >= 0.6 is 0 Å². The molecule has 0 amide bonds. The van der Waals surface area contributed by atoms with Gasteiger partial charge in [0.2, 0.25) is 0 Å². The van der Waals surface area contributed by atoms with Gasteiger partial charge in [-0.25, -0.2) is 11.6 Å². The second-order valence-electron chi connectivity index (χ2n) is 6.79. The molecule has 1 nitrogen and oxygen atoms in total. The molecule has 4 heteroatoms. The van der Waals surface area contributed by atoms with Gasteiger partial charge < -0.3 is 29.6 Å². The Bertz CT molecular complexity index is 472. The van der Waals surface area contributed by atoms with Gasteiger partial charge in [0, 0.05) is 6.61 Å². The number of ether oxygens (including phenoxy) is 1. The van der Waals surface area contributed by atoms with Crippen LogP contribution in [0.25, 0.3) is 0 Å². The molecule has 2 aliphatic carbocycles. The molecule has 0 aromatic carbocycles. The summed E-state index contributed by atoms with van der Waals surface area (Å²) in [6.07, 6.45) is 18.4. The maximum absolute atomic E-state index is 6.41. The summed E-state index contributed by atoms with van der Waals surface area (Å²) in [5.74, 6) is 0. The van der Waals surface area contributed by atoms with Crippen LogP contribution in [0.15, 0.2) is 41.5 Å². The monoisotopic (exact) mass is 389 g/mol. The molecule has 0 N–H and O–H groups in total. The Hall–Kier alpha value is 0.214. The zero-order valence-electron chi connectivity index (χ0n) is 14.6. The maximum Gasteiger partial charge on any atom is 3.00 e. The third-order valence-corrected chi connectivity index (χ3v) is 3.97. The van der Waals surface area contributed by atoms with E-state index in [1.54, 1.807) is 0 Å². The number of allylic oxidation sites excluding steroid dienone is 5. The molecule has 0 saturated heterocycles. The van der Waals surface area contributed by atoms with Gasteiger partial charge in [-0.05, 0) is 30.3 Å². The summed E-state index contributed by atoms with van der Waals surface area (Å²) in [5.41, 5.74) is 2.66. The van der Waals surface area contributed by atoms with Crippen LogP contribution in [0.3, 0.4) is 0 Å². The van der Waals surface area contributed by atoms with Crippen LogP contribution < -0.4 is 24.8 Å². The molecule has 0 bridgehead atoms. The summed E-state index contributed by atoms with van der Waals surface area (Å²) in [5, 5.41) is 0. The zero-order chi connectivity index (χ0) is 14.6. The van der Waals surface area contributed by atoms with E-state index in [2.05, 4.69) is 64.2 Å². The Kier molecular flexibility index (Phi) is 12.1. The van der Waals surface area contributed by atoms with E-state index >= 15 is 0 Å². The molecule has 23 heavy (non-hydrogen) atoms. The van der Waals surface area contributed by atoms with Gasteiger partial charge in [-0.2, -0.15) is 6.08 Å². The molecule has 2 aliphatic rings. The van der Waals surface area contributed by atoms with E-state index in [1.807, 2.05) is 0 Å². The quantitative estimate of drug-likeness (QED) is 0.440. The SMILES string of the molecule is CCCOC1(CC2=[C-]CC=C2)CC=CC=C1C(C)(C)C.[Cl-].[Cl-].[Ti+3]. The average molecular weight is 390 g/mol. The van der Waals surface area contributed by atoms with Gasteiger partial charge in [0.25, 0.3) is 0 Å². The van der Waals surface area contributed by atoms with Crippen molar-refractivity contribution >= 4 is 0 Å². The van der Waals surface area contributed by atoms with Crippen molar-refractivity contribution in [1.29, 1.82) is 0 Å². The van der Waals surface area contributed by atoms with Crippen molar-refractivity contribution in [1.82, 2.24) is 0 Å². The molecular weight excluding hydrogens is 363 g/mol. The molecule has 2 rings (SSSR count). The average Bonchev–Trinajstić information content (AvgIpc) is 2.88. The van der Waals surface area contributed by atoms with E-state index < -0.39 is 0 Å². The summed E-state index contributed by atoms with van der Waals surface area (Å²) in [4.78, 5) is 0. The standard InChI is InChI=1S/C19H27O.2ClH.Ti/c1-5-14-20-19(15-16-10-6-7-11-16)13-9-8-12-17(19)18(2,3)4;;;/h6,8-10,12H,5,7,13-15H2,1-4H3;2*1H;/q-1;;;+3/p-2. The van der Waals surface area contributed by atoms with Crippen molar-refractivity contribution in [3.63, 3.8) is 0 Å². The van der Waals surface area contributed by atoms with Gasteiger partial charge in [0.15, 0.2) is 0 Å². The van der Waals surface area contributed by atoms with E-state index in [4.69, 9.17) is 4.74 Å². The molecule has 0 aromatic heterocycles. The molecule has 1 unspecified atom stereocenters. The predicted molar refractivity (Wildman–Crippen MR) is 85.4 cm³/mol. The summed E-state index contributed by atoms with van der Waals surface area (Å²) in [6, 6.07) is 0. The van der Waals surface area contributed by atoms with Crippen LogP contribution in [0.1, 0.15) is 53.4 Å². The van der Waals surface area contributed by atoms with Crippen molar-refractivity contribution in [2.24, 2.45) is 5.41 Å². The van der Waals surface area contributed by atoms with Crippen molar-refractivity contribution in [2.75, 3.05) is 6.61 Å². The van der Waals surface area contributed by atoms with Crippen LogP contribution in [0.2, 0.25) is 0 Å². The van der Waals surface area contributed by atoms with Crippen LogP contribution in [-0.4, -0.2) is 12.2 Å². The molecule has 1 atom stereocenters. The number of rotatable bonds is 5. The van der Waals surface area contributed by atoms with Crippen molar-refractivity contribution in [2.45, 2.75) is 59.0 Å². The molecule has 0 aromatic rings. The molecule has 0 aliphatic heterocycles. The molecule has 0 heterocycles. The minimum absolute atomic E-state index is 0. The first-order chi connectivity index (χ1) is 9.48. The van der Waals surface area contributed by atoms with Crippen LogP contribution in [-0.2, 0) is 26.5 Å². The van der Waals surface area contributed by atoms with Crippen LogP contribution in [0, 0.1) is 11.5 Å². The topological polar surface area (TPSA) is 9.23 Å². The maximum atomic E-state index is 6.41. The molecule has 0 saturated carbocycles. The summed E-state index contributed by atoms with van der Waals surface area (Å²) >= 11 is 0. The molecule has 0 spiro atoms. The minimum Gasteiger partial charge on any atom is -1.00 e. The van der Waals surface area contributed by atoms with Crippen LogP contribution in [0.4, 0.5) is 0 Å². The third-order valence-electron chi connectivity index (χ3n) is 3.97. The second-order valence-corrected chi connectivity index (χ2v) is 6.79. The molecule has 1 radical (unpaired) electrons. The summed E-state index contributed by atoms with van der Waals surface area (Å²) in [6.45, 7) is 9.84. The first-order valence-electron chi connectivity index (χ1n) is 7.76. The Morgan fingerprint density at radius 2 is 1.91 bits per heavy atom. The Labute approximate surface area is 169 Å². The Morgan fingerprint density at radius 1 is 1.22 bits per heavy atom. The first kappa shape index (κ1) is 25.5. The third kappa shape index (κ3) is 6.55. The molecule has 0 fully saturated rings. The van der Waals surface area contributed by atoms with Gasteiger partial charge in [0.1, 0.15) is 0 Å². The van der Waals surface area contributed by atoms with Gasteiger partial charge in [0.05, 0.1) is 5.60 Å². The number of hydrogen-bond acceptors (Lipinski definition) is 1. The smallest absolute Gasteiger partial charge is 1.00 e. The van der Waals surface area contributed by atoms with E-state index in [0.29, 0.717) is 0 Å². The van der Waals surface area contributed by atoms with Gasteiger partial charge in [-0.15, -0.1) is 6.42 Å². The molecular formula is C19H27Cl2OTi. The van der Waals surface area contributed by atoms with Crippen molar-refractivity contribution in [3.8, 4) is 0 Å². The largest absolute Gasteiger partial charge is 3.00 e. The van der Waals surface area contributed by atoms with E-state index in [0.717, 1.165) is 32.3 Å². The number of halogens is 2. The summed E-state index contributed by atoms with van der Waals surface area (Å²) in [7, 11) is 0. The van der Waals surface area contributed by atoms with Gasteiger partial charge in [-0.1, -0.05) is 45.9 Å². The van der Waals surface area contributed by atoms with E-state index in [1.165, 1.54) is 11.1 Å². The second kappa shape index (κ2) is 11.0. The zero-order valence-corrected chi connectivity index (χ0v) is 17.7.